The van der Waals surface area contributed by atoms with Crippen LogP contribution in [0.3, 0.4) is 0 Å². The van der Waals surface area contributed by atoms with E-state index in [1.54, 1.807) is 24.3 Å². The molecular formula is C31H33F3N4O2. The predicted molar refractivity (Wildman–Crippen MR) is 148 cm³/mol. The number of halogens is 3. The zero-order valence-electron chi connectivity index (χ0n) is 22.2. The number of likely N-dealkylation sites (tertiary alicyclic amines) is 1. The number of carboxylic acid groups (broad SMARTS) is 1. The Morgan fingerprint density at radius 1 is 0.925 bits per heavy atom. The number of aromatic nitrogens is 2. The lowest BCUT2D eigenvalue weighted by Crippen LogP contribution is -2.46. The summed E-state index contributed by atoms with van der Waals surface area (Å²) in [4.78, 5) is 19.7. The minimum Gasteiger partial charge on any atom is -0.465 e. The third-order valence-electron chi connectivity index (χ3n) is 7.66. The smallest absolute Gasteiger partial charge is 0.449 e. The van der Waals surface area contributed by atoms with Crippen molar-refractivity contribution in [3.8, 4) is 0 Å². The number of imidazole rings is 1. The van der Waals surface area contributed by atoms with E-state index in [9.17, 15) is 23.1 Å². The maximum atomic E-state index is 14.0. The number of alkyl halides is 3. The molecule has 2 atom stereocenters. The second kappa shape index (κ2) is 12.1. The van der Waals surface area contributed by atoms with Crippen molar-refractivity contribution in [2.75, 3.05) is 13.1 Å². The van der Waals surface area contributed by atoms with Crippen molar-refractivity contribution in [3.05, 3.63) is 102 Å². The van der Waals surface area contributed by atoms with Gasteiger partial charge in [0, 0.05) is 31.7 Å². The number of amides is 1. The van der Waals surface area contributed by atoms with Crippen molar-refractivity contribution >= 4 is 17.1 Å². The van der Waals surface area contributed by atoms with Crippen LogP contribution in [0.2, 0.25) is 0 Å². The van der Waals surface area contributed by atoms with Gasteiger partial charge in [0.25, 0.3) is 0 Å². The Morgan fingerprint density at radius 2 is 1.52 bits per heavy atom. The zero-order chi connectivity index (χ0) is 28.1. The van der Waals surface area contributed by atoms with Crippen LogP contribution in [0.1, 0.15) is 48.7 Å². The van der Waals surface area contributed by atoms with Crippen LogP contribution in [0.25, 0.3) is 11.0 Å². The number of piperidine rings is 1. The third kappa shape index (κ3) is 6.47. The molecule has 4 aromatic rings. The highest BCUT2D eigenvalue weighted by atomic mass is 19.4. The fraction of sp³-hybridized carbons (Fsp3) is 0.355. The van der Waals surface area contributed by atoms with Crippen LogP contribution < -0.4 is 0 Å². The van der Waals surface area contributed by atoms with Crippen molar-refractivity contribution in [2.24, 2.45) is 0 Å². The Balaban J connectivity index is 1.32. The van der Waals surface area contributed by atoms with E-state index in [1.807, 2.05) is 36.4 Å². The first kappa shape index (κ1) is 27.7. The van der Waals surface area contributed by atoms with Crippen LogP contribution >= 0.6 is 0 Å². The van der Waals surface area contributed by atoms with E-state index in [1.165, 1.54) is 20.6 Å². The Bertz CT molecular complexity index is 1370. The molecule has 1 aliphatic rings. The van der Waals surface area contributed by atoms with Gasteiger partial charge in [-0.2, -0.15) is 13.2 Å². The van der Waals surface area contributed by atoms with Crippen LogP contribution in [0.4, 0.5) is 18.0 Å². The molecule has 1 amide bonds. The van der Waals surface area contributed by atoms with Gasteiger partial charge in [-0.15, -0.1) is 0 Å². The highest BCUT2D eigenvalue weighted by Crippen LogP contribution is 2.38. The summed E-state index contributed by atoms with van der Waals surface area (Å²) in [6.45, 7) is 2.43. The molecule has 210 valence electrons. The van der Waals surface area contributed by atoms with Gasteiger partial charge in [0.05, 0.1) is 11.0 Å². The molecule has 9 heteroatoms. The lowest BCUT2D eigenvalue weighted by molar-refractivity contribution is -0.148. The number of para-hydroxylation sites is 2. The summed E-state index contributed by atoms with van der Waals surface area (Å²) in [5.74, 6) is -0.918. The minimum atomic E-state index is -4.60. The van der Waals surface area contributed by atoms with Crippen LogP contribution in [0.5, 0.6) is 0 Å². The Kier molecular flexibility index (Phi) is 8.40. The molecule has 0 spiro atoms. The SMILES string of the molecule is O=C(O)N1CCC(n2c(C(F)(F)F)nc3ccccc32)C[C@@H]1CCCN(Cc1ccccc1)Cc1ccccc1. The van der Waals surface area contributed by atoms with E-state index in [2.05, 4.69) is 34.1 Å². The molecule has 0 bridgehead atoms. The number of benzene rings is 3. The van der Waals surface area contributed by atoms with Gasteiger partial charge < -0.3 is 14.6 Å². The van der Waals surface area contributed by atoms with E-state index >= 15 is 0 Å². The van der Waals surface area contributed by atoms with Crippen molar-refractivity contribution in [2.45, 2.75) is 57.0 Å². The largest absolute Gasteiger partial charge is 0.465 e. The molecule has 1 fully saturated rings. The van der Waals surface area contributed by atoms with E-state index in [0.717, 1.165) is 26.1 Å². The summed E-state index contributed by atoms with van der Waals surface area (Å²) >= 11 is 0. The summed E-state index contributed by atoms with van der Waals surface area (Å²) in [5, 5.41) is 9.90. The van der Waals surface area contributed by atoms with Crippen molar-refractivity contribution < 1.29 is 23.1 Å². The average molecular weight is 551 g/mol. The van der Waals surface area contributed by atoms with Crippen LogP contribution in [0, 0.1) is 0 Å². The molecule has 3 aromatic carbocycles. The van der Waals surface area contributed by atoms with Gasteiger partial charge in [0.2, 0.25) is 5.82 Å². The first-order chi connectivity index (χ1) is 19.3. The first-order valence-corrected chi connectivity index (χ1v) is 13.6. The number of carbonyl (C=O) groups is 1. The summed E-state index contributed by atoms with van der Waals surface area (Å²) in [5.41, 5.74) is 3.11. The van der Waals surface area contributed by atoms with E-state index in [0.29, 0.717) is 30.3 Å². The van der Waals surface area contributed by atoms with E-state index < -0.39 is 24.1 Å². The molecule has 0 saturated carbocycles. The van der Waals surface area contributed by atoms with Crippen molar-refractivity contribution in [1.82, 2.24) is 19.4 Å². The van der Waals surface area contributed by atoms with E-state index in [4.69, 9.17) is 0 Å². The molecule has 0 aliphatic carbocycles. The van der Waals surface area contributed by atoms with Crippen molar-refractivity contribution in [1.29, 1.82) is 0 Å². The molecule has 40 heavy (non-hydrogen) atoms. The highest BCUT2D eigenvalue weighted by Gasteiger charge is 2.41. The normalized spacial score (nSPS) is 17.9. The van der Waals surface area contributed by atoms with Crippen LogP contribution in [0.15, 0.2) is 84.9 Å². The van der Waals surface area contributed by atoms with Gasteiger partial charge >= 0.3 is 12.3 Å². The molecule has 1 saturated heterocycles. The highest BCUT2D eigenvalue weighted by molar-refractivity contribution is 5.76. The Hall–Kier alpha value is -3.85. The van der Waals surface area contributed by atoms with Crippen molar-refractivity contribution in [3.63, 3.8) is 0 Å². The molecule has 0 radical (unpaired) electrons. The number of hydrogen-bond donors (Lipinski definition) is 1. The summed E-state index contributed by atoms with van der Waals surface area (Å²) in [7, 11) is 0. The standard InChI is InChI=1S/C31H33F3N4O2/c32-31(33,34)29-35-27-15-7-8-16-28(27)38(29)26-17-19-37(30(39)40)25(20-26)14-9-18-36(21-23-10-3-1-4-11-23)22-24-12-5-2-6-13-24/h1-8,10-13,15-16,25-26H,9,14,17-22H2,(H,39,40)/t25-,26?/m0/s1. The van der Waals surface area contributed by atoms with Gasteiger partial charge in [-0.25, -0.2) is 9.78 Å². The predicted octanol–water partition coefficient (Wildman–Crippen LogP) is 7.22. The monoisotopic (exact) mass is 550 g/mol. The molecular weight excluding hydrogens is 517 g/mol. The maximum absolute atomic E-state index is 14.0. The molecule has 1 unspecified atom stereocenters. The second-order valence-electron chi connectivity index (χ2n) is 10.4. The van der Waals surface area contributed by atoms with Crippen LogP contribution in [-0.4, -0.2) is 49.7 Å². The Morgan fingerprint density at radius 3 is 2.12 bits per heavy atom. The lowest BCUT2D eigenvalue weighted by Gasteiger charge is -2.39. The maximum Gasteiger partial charge on any atom is 0.449 e. The fourth-order valence-electron chi connectivity index (χ4n) is 5.85. The summed E-state index contributed by atoms with van der Waals surface area (Å²) < 4.78 is 43.3. The van der Waals surface area contributed by atoms with Gasteiger partial charge in [0.1, 0.15) is 0 Å². The minimum absolute atomic E-state index is 0.187. The number of hydrogen-bond acceptors (Lipinski definition) is 3. The molecule has 1 aliphatic heterocycles. The zero-order valence-corrected chi connectivity index (χ0v) is 22.2. The number of fused-ring (bicyclic) bond motifs is 1. The van der Waals surface area contributed by atoms with Gasteiger partial charge in [-0.3, -0.25) is 4.90 Å². The Labute approximate surface area is 231 Å². The van der Waals surface area contributed by atoms with Gasteiger partial charge in [0.15, 0.2) is 0 Å². The van der Waals surface area contributed by atoms with Gasteiger partial charge in [-0.1, -0.05) is 72.8 Å². The fourth-order valence-corrected chi connectivity index (χ4v) is 5.85. The van der Waals surface area contributed by atoms with Crippen LogP contribution in [-0.2, 0) is 19.3 Å². The van der Waals surface area contributed by atoms with E-state index in [-0.39, 0.29) is 12.6 Å². The molecule has 2 heterocycles. The quantitative estimate of drug-likeness (QED) is 0.239. The molecule has 5 rings (SSSR count). The average Bonchev–Trinajstić information content (AvgIpc) is 3.34. The molecule has 1 aromatic heterocycles. The summed E-state index contributed by atoms with van der Waals surface area (Å²) in [6, 6.07) is 26.1. The second-order valence-corrected chi connectivity index (χ2v) is 10.4. The summed E-state index contributed by atoms with van der Waals surface area (Å²) in [6.07, 6.45) is -3.73. The molecule has 1 N–H and O–H groups in total. The number of rotatable bonds is 9. The number of nitrogens with zero attached hydrogens (tertiary/aromatic N) is 4. The topological polar surface area (TPSA) is 61.6 Å². The third-order valence-corrected chi connectivity index (χ3v) is 7.66. The first-order valence-electron chi connectivity index (χ1n) is 13.6. The van der Waals surface area contributed by atoms with Gasteiger partial charge in [-0.05, 0) is 55.5 Å². The molecule has 6 nitrogen and oxygen atoms in total. The lowest BCUT2D eigenvalue weighted by atomic mass is 9.93.